The van der Waals surface area contributed by atoms with Crippen LogP contribution in [0.4, 0.5) is 5.69 Å². The number of anilines is 1. The van der Waals surface area contributed by atoms with Gasteiger partial charge < -0.3 is 5.73 Å². The molecule has 2 rings (SSSR count). The number of rotatable bonds is 5. The molecule has 0 saturated carbocycles. The predicted molar refractivity (Wildman–Crippen MR) is 85.9 cm³/mol. The minimum absolute atomic E-state index is 0.171. The number of nitrogens with one attached hydrogen (secondary N) is 1. The topological polar surface area (TPSA) is 72.2 Å². The molecule has 6 heteroatoms. The molecule has 3 N–H and O–H groups in total. The molecule has 0 bridgehead atoms. The molecule has 0 aliphatic heterocycles. The summed E-state index contributed by atoms with van der Waals surface area (Å²) in [5.41, 5.74) is 7.21. The lowest BCUT2D eigenvalue weighted by molar-refractivity contribution is 0.600. The minimum atomic E-state index is -3.64. The van der Waals surface area contributed by atoms with E-state index in [1.807, 2.05) is 13.0 Å². The van der Waals surface area contributed by atoms with Crippen LogP contribution in [0.15, 0.2) is 53.4 Å². The van der Waals surface area contributed by atoms with Crippen molar-refractivity contribution in [1.29, 1.82) is 0 Å². The molecule has 0 amide bonds. The predicted octanol–water partition coefficient (Wildman–Crippen LogP) is 3.55. The molecule has 1 atom stereocenters. The monoisotopic (exact) mass is 324 g/mol. The summed E-state index contributed by atoms with van der Waals surface area (Å²) in [7, 11) is -3.64. The molecule has 2 aromatic rings. The average Bonchev–Trinajstić information content (AvgIpc) is 2.49. The SMILES string of the molecule is CCC(N)c1cccc(S(=O)(=O)Nc2ccc(Cl)cc2)c1. The van der Waals surface area contributed by atoms with Gasteiger partial charge in [0.05, 0.1) is 4.90 Å². The van der Waals surface area contributed by atoms with E-state index in [1.165, 1.54) is 0 Å². The maximum atomic E-state index is 12.4. The molecule has 0 aliphatic rings. The minimum Gasteiger partial charge on any atom is -0.324 e. The number of halogens is 1. The molecule has 1 unspecified atom stereocenters. The van der Waals surface area contributed by atoms with Crippen LogP contribution in [-0.4, -0.2) is 8.42 Å². The van der Waals surface area contributed by atoms with Crippen LogP contribution >= 0.6 is 11.6 Å². The van der Waals surface area contributed by atoms with Crippen LogP contribution in [0.25, 0.3) is 0 Å². The molecule has 112 valence electrons. The molecule has 0 spiro atoms. The van der Waals surface area contributed by atoms with E-state index in [4.69, 9.17) is 17.3 Å². The zero-order valence-corrected chi connectivity index (χ0v) is 13.2. The van der Waals surface area contributed by atoms with Crippen LogP contribution in [0.3, 0.4) is 0 Å². The lowest BCUT2D eigenvalue weighted by Crippen LogP contribution is -2.14. The fraction of sp³-hybridized carbons (Fsp3) is 0.200. The van der Waals surface area contributed by atoms with Gasteiger partial charge in [-0.15, -0.1) is 0 Å². The molecule has 21 heavy (non-hydrogen) atoms. The van der Waals surface area contributed by atoms with Crippen molar-refractivity contribution in [3.05, 3.63) is 59.1 Å². The maximum absolute atomic E-state index is 12.4. The van der Waals surface area contributed by atoms with Gasteiger partial charge in [-0.3, -0.25) is 4.72 Å². The van der Waals surface area contributed by atoms with E-state index < -0.39 is 10.0 Å². The average molecular weight is 325 g/mol. The van der Waals surface area contributed by atoms with Crippen molar-refractivity contribution in [3.63, 3.8) is 0 Å². The fourth-order valence-corrected chi connectivity index (χ4v) is 3.12. The smallest absolute Gasteiger partial charge is 0.261 e. The first-order chi connectivity index (χ1) is 9.92. The van der Waals surface area contributed by atoms with Gasteiger partial charge in [-0.2, -0.15) is 0 Å². The zero-order valence-electron chi connectivity index (χ0n) is 11.6. The molecule has 4 nitrogen and oxygen atoms in total. The van der Waals surface area contributed by atoms with E-state index in [9.17, 15) is 8.42 Å². The Morgan fingerprint density at radius 1 is 1.19 bits per heavy atom. The Morgan fingerprint density at radius 3 is 2.48 bits per heavy atom. The number of nitrogens with two attached hydrogens (primary N) is 1. The van der Waals surface area contributed by atoms with Gasteiger partial charge in [0.2, 0.25) is 0 Å². The number of hydrogen-bond acceptors (Lipinski definition) is 3. The molecule has 0 radical (unpaired) electrons. The summed E-state index contributed by atoms with van der Waals surface area (Å²) in [4.78, 5) is 0.193. The molecular weight excluding hydrogens is 308 g/mol. The second-order valence-electron chi connectivity index (χ2n) is 4.70. The largest absolute Gasteiger partial charge is 0.324 e. The quantitative estimate of drug-likeness (QED) is 0.883. The first kappa shape index (κ1) is 15.8. The van der Waals surface area contributed by atoms with Gasteiger partial charge in [0.1, 0.15) is 0 Å². The van der Waals surface area contributed by atoms with E-state index >= 15 is 0 Å². The Hall–Kier alpha value is -1.56. The van der Waals surface area contributed by atoms with Gasteiger partial charge in [0.25, 0.3) is 10.0 Å². The van der Waals surface area contributed by atoms with Gasteiger partial charge in [-0.25, -0.2) is 8.42 Å². The second-order valence-corrected chi connectivity index (χ2v) is 6.82. The molecule has 0 aliphatic carbocycles. The van der Waals surface area contributed by atoms with Crippen LogP contribution in [-0.2, 0) is 10.0 Å². The van der Waals surface area contributed by atoms with Crippen molar-refractivity contribution >= 4 is 27.3 Å². The van der Waals surface area contributed by atoms with Crippen LogP contribution in [0.1, 0.15) is 24.9 Å². The van der Waals surface area contributed by atoms with Crippen LogP contribution in [0.5, 0.6) is 0 Å². The molecule has 0 fully saturated rings. The highest BCUT2D eigenvalue weighted by Gasteiger charge is 2.15. The van der Waals surface area contributed by atoms with Crippen molar-refractivity contribution in [2.45, 2.75) is 24.3 Å². The third-order valence-electron chi connectivity index (χ3n) is 3.13. The summed E-state index contributed by atoms with van der Waals surface area (Å²) in [5, 5.41) is 0.550. The van der Waals surface area contributed by atoms with Crippen molar-refractivity contribution in [2.75, 3.05) is 4.72 Å². The molecule has 0 heterocycles. The highest BCUT2D eigenvalue weighted by atomic mass is 35.5. The summed E-state index contributed by atoms with van der Waals surface area (Å²) >= 11 is 5.78. The Bertz CT molecular complexity index is 715. The molecule has 0 aromatic heterocycles. The van der Waals surface area contributed by atoms with Crippen molar-refractivity contribution in [2.24, 2.45) is 5.73 Å². The maximum Gasteiger partial charge on any atom is 0.261 e. The second kappa shape index (κ2) is 6.47. The summed E-state index contributed by atoms with van der Waals surface area (Å²) in [6.45, 7) is 1.96. The highest BCUT2D eigenvalue weighted by Crippen LogP contribution is 2.21. The summed E-state index contributed by atoms with van der Waals surface area (Å²) < 4.78 is 27.2. The number of sulfonamides is 1. The van der Waals surface area contributed by atoms with Gasteiger partial charge in [-0.1, -0.05) is 30.7 Å². The van der Waals surface area contributed by atoms with Crippen LogP contribution in [0.2, 0.25) is 5.02 Å². The lowest BCUT2D eigenvalue weighted by Gasteiger charge is -2.12. The van der Waals surface area contributed by atoms with E-state index in [2.05, 4.69) is 4.72 Å². The Labute approximate surface area is 130 Å². The summed E-state index contributed by atoms with van der Waals surface area (Å²) in [5.74, 6) is 0. The highest BCUT2D eigenvalue weighted by molar-refractivity contribution is 7.92. The first-order valence-corrected chi connectivity index (χ1v) is 8.42. The van der Waals surface area contributed by atoms with Crippen molar-refractivity contribution in [3.8, 4) is 0 Å². The molecule has 2 aromatic carbocycles. The molecule has 0 saturated heterocycles. The Kier molecular flexibility index (Phi) is 4.88. The molecular formula is C15H17ClN2O2S. The van der Waals surface area contributed by atoms with Gasteiger partial charge in [-0.05, 0) is 48.4 Å². The van der Waals surface area contributed by atoms with E-state index in [1.54, 1.807) is 42.5 Å². The van der Waals surface area contributed by atoms with Gasteiger partial charge in [0, 0.05) is 16.8 Å². The Morgan fingerprint density at radius 2 is 1.86 bits per heavy atom. The van der Waals surface area contributed by atoms with Crippen LogP contribution < -0.4 is 10.5 Å². The van der Waals surface area contributed by atoms with Crippen molar-refractivity contribution < 1.29 is 8.42 Å². The third kappa shape index (κ3) is 3.97. The van der Waals surface area contributed by atoms with Crippen molar-refractivity contribution in [1.82, 2.24) is 0 Å². The van der Waals surface area contributed by atoms with E-state index in [0.29, 0.717) is 10.7 Å². The van der Waals surface area contributed by atoms with E-state index in [-0.39, 0.29) is 10.9 Å². The third-order valence-corrected chi connectivity index (χ3v) is 4.76. The number of hydrogen-bond donors (Lipinski definition) is 2. The Balaban J connectivity index is 2.29. The van der Waals surface area contributed by atoms with Gasteiger partial charge in [0.15, 0.2) is 0 Å². The normalized spacial score (nSPS) is 12.9. The van der Waals surface area contributed by atoms with Crippen LogP contribution in [0, 0.1) is 0 Å². The zero-order chi connectivity index (χ0) is 15.5. The standard InChI is InChI=1S/C15H17ClN2O2S/c1-2-15(17)11-4-3-5-14(10-11)21(19,20)18-13-8-6-12(16)7-9-13/h3-10,15,18H,2,17H2,1H3. The van der Waals surface area contributed by atoms with E-state index in [0.717, 1.165) is 12.0 Å². The first-order valence-electron chi connectivity index (χ1n) is 6.56. The summed E-state index contributed by atoms with van der Waals surface area (Å²) in [6, 6.07) is 13.0. The summed E-state index contributed by atoms with van der Waals surface area (Å²) in [6.07, 6.45) is 0.744. The number of benzene rings is 2. The van der Waals surface area contributed by atoms with Gasteiger partial charge >= 0.3 is 0 Å². The lowest BCUT2D eigenvalue weighted by atomic mass is 10.1. The fourth-order valence-electron chi connectivity index (χ4n) is 1.88.